The van der Waals surface area contributed by atoms with Crippen LogP contribution < -0.4 is 5.73 Å². The molecule has 0 unspecified atom stereocenters. The highest BCUT2D eigenvalue weighted by Crippen LogP contribution is 2.13. The number of primary amides is 1. The topological polar surface area (TPSA) is 66.6 Å². The first kappa shape index (κ1) is 37.7. The predicted molar refractivity (Wildman–Crippen MR) is 152 cm³/mol. The Hall–Kier alpha value is -0.810. The SMILES string of the molecule is CCCCCCCCCCCCCCCCCC(N)=O.CCCN1CCCC1=O.CN(C)C.Cl. The normalized spacial score (nSPS) is 12.5. The first-order valence-corrected chi connectivity index (χ1v) is 14.0. The van der Waals surface area contributed by atoms with E-state index < -0.39 is 0 Å². The Labute approximate surface area is 219 Å². The second-order valence-corrected chi connectivity index (χ2v) is 9.99. The maximum absolute atomic E-state index is 10.9. The van der Waals surface area contributed by atoms with Gasteiger partial charge in [-0.05, 0) is 40.4 Å². The Morgan fingerprint density at radius 3 is 1.44 bits per heavy atom. The van der Waals surface area contributed by atoms with E-state index >= 15 is 0 Å². The predicted octanol–water partition coefficient (Wildman–Crippen LogP) is 7.35. The molecule has 0 aromatic heterocycles. The number of carbonyl (C=O) groups is 2. The average molecular weight is 506 g/mol. The molecule has 0 spiro atoms. The molecule has 0 aliphatic carbocycles. The fourth-order valence-corrected chi connectivity index (χ4v) is 3.88. The Morgan fingerprint density at radius 1 is 0.765 bits per heavy atom. The zero-order valence-electron chi connectivity index (χ0n) is 23.5. The first-order valence-electron chi connectivity index (χ1n) is 14.0. The van der Waals surface area contributed by atoms with Crippen molar-refractivity contribution < 1.29 is 9.59 Å². The van der Waals surface area contributed by atoms with Gasteiger partial charge in [-0.3, -0.25) is 9.59 Å². The Morgan fingerprint density at radius 2 is 1.15 bits per heavy atom. The van der Waals surface area contributed by atoms with E-state index in [2.05, 4.69) is 13.8 Å². The van der Waals surface area contributed by atoms with Gasteiger partial charge in [0.05, 0.1) is 0 Å². The van der Waals surface area contributed by atoms with Crippen molar-refractivity contribution >= 4 is 24.2 Å². The molecule has 206 valence electrons. The van der Waals surface area contributed by atoms with Gasteiger partial charge < -0.3 is 15.5 Å². The number of hydrogen-bond donors (Lipinski definition) is 1. The molecule has 1 aliphatic heterocycles. The maximum Gasteiger partial charge on any atom is 0.222 e. The molecule has 34 heavy (non-hydrogen) atoms. The van der Waals surface area contributed by atoms with E-state index in [0.717, 1.165) is 38.8 Å². The smallest absolute Gasteiger partial charge is 0.222 e. The van der Waals surface area contributed by atoms with Crippen molar-refractivity contribution in [1.29, 1.82) is 0 Å². The maximum atomic E-state index is 10.9. The number of nitrogens with two attached hydrogens (primary N) is 1. The Balaban J connectivity index is -0.000000563. The van der Waals surface area contributed by atoms with Crippen molar-refractivity contribution in [2.45, 2.75) is 136 Å². The van der Waals surface area contributed by atoms with Crippen LogP contribution in [0.2, 0.25) is 0 Å². The third-order valence-corrected chi connectivity index (χ3v) is 5.69. The molecule has 0 aromatic carbocycles. The summed E-state index contributed by atoms with van der Waals surface area (Å²) in [5.74, 6) is 0.191. The van der Waals surface area contributed by atoms with E-state index in [1.165, 1.54) is 89.9 Å². The summed E-state index contributed by atoms with van der Waals surface area (Å²) in [6.45, 7) is 6.33. The van der Waals surface area contributed by atoms with Crippen LogP contribution in [0.1, 0.15) is 136 Å². The van der Waals surface area contributed by atoms with E-state index in [-0.39, 0.29) is 18.3 Å². The van der Waals surface area contributed by atoms with Gasteiger partial charge in [0.25, 0.3) is 0 Å². The number of halogens is 1. The number of rotatable bonds is 18. The highest BCUT2D eigenvalue weighted by atomic mass is 35.5. The van der Waals surface area contributed by atoms with Crippen LogP contribution in [0.3, 0.4) is 0 Å². The van der Waals surface area contributed by atoms with E-state index in [4.69, 9.17) is 5.73 Å². The van der Waals surface area contributed by atoms with Gasteiger partial charge in [0.2, 0.25) is 11.8 Å². The van der Waals surface area contributed by atoms with Gasteiger partial charge in [0, 0.05) is 25.9 Å². The fourth-order valence-electron chi connectivity index (χ4n) is 3.88. The highest BCUT2D eigenvalue weighted by molar-refractivity contribution is 5.85. The molecular weight excluding hydrogens is 446 g/mol. The lowest BCUT2D eigenvalue weighted by Crippen LogP contribution is -2.24. The lowest BCUT2D eigenvalue weighted by atomic mass is 10.0. The van der Waals surface area contributed by atoms with Crippen LogP contribution in [0, 0.1) is 0 Å². The molecular formula is C28H60ClN3O2. The molecule has 0 saturated carbocycles. The van der Waals surface area contributed by atoms with E-state index in [1.54, 1.807) is 0 Å². The van der Waals surface area contributed by atoms with Gasteiger partial charge >= 0.3 is 0 Å². The molecule has 1 fully saturated rings. The number of carbonyl (C=O) groups excluding carboxylic acids is 2. The minimum atomic E-state index is -0.153. The van der Waals surface area contributed by atoms with Crippen LogP contribution in [0.4, 0.5) is 0 Å². The molecule has 1 aliphatic rings. The summed E-state index contributed by atoms with van der Waals surface area (Å²) in [5.41, 5.74) is 5.11. The molecule has 1 heterocycles. The summed E-state index contributed by atoms with van der Waals surface area (Å²) in [4.78, 5) is 25.4. The molecule has 1 saturated heterocycles. The highest BCUT2D eigenvalue weighted by Gasteiger charge is 2.17. The lowest BCUT2D eigenvalue weighted by molar-refractivity contribution is -0.127. The molecule has 5 nitrogen and oxygen atoms in total. The summed E-state index contributed by atoms with van der Waals surface area (Å²) in [6.07, 6.45) is 23.8. The average Bonchev–Trinajstić information content (AvgIpc) is 3.15. The number of hydrogen-bond acceptors (Lipinski definition) is 3. The van der Waals surface area contributed by atoms with Crippen molar-refractivity contribution in [2.75, 3.05) is 34.2 Å². The van der Waals surface area contributed by atoms with Crippen molar-refractivity contribution in [2.24, 2.45) is 5.73 Å². The third-order valence-electron chi connectivity index (χ3n) is 5.69. The molecule has 2 amide bonds. The second-order valence-electron chi connectivity index (χ2n) is 9.99. The molecule has 1 rings (SSSR count). The monoisotopic (exact) mass is 505 g/mol. The van der Waals surface area contributed by atoms with Gasteiger partial charge in [-0.1, -0.05) is 104 Å². The van der Waals surface area contributed by atoms with Crippen molar-refractivity contribution in [3.05, 3.63) is 0 Å². The van der Waals surface area contributed by atoms with Gasteiger partial charge in [-0.2, -0.15) is 0 Å². The summed E-state index contributed by atoms with van der Waals surface area (Å²) in [6, 6.07) is 0. The zero-order chi connectivity index (χ0) is 25.2. The van der Waals surface area contributed by atoms with Crippen LogP contribution in [0.5, 0.6) is 0 Å². The lowest BCUT2D eigenvalue weighted by Gasteiger charge is -2.12. The zero-order valence-corrected chi connectivity index (χ0v) is 24.4. The molecule has 0 bridgehead atoms. The summed E-state index contributed by atoms with van der Waals surface area (Å²) < 4.78 is 0. The van der Waals surface area contributed by atoms with Crippen molar-refractivity contribution in [3.8, 4) is 0 Å². The van der Waals surface area contributed by atoms with E-state index in [1.807, 2.05) is 30.9 Å². The second kappa shape index (κ2) is 30.2. The third kappa shape index (κ3) is 33.4. The molecule has 0 radical (unpaired) electrons. The number of amides is 2. The number of nitrogens with zero attached hydrogens (tertiary/aromatic N) is 2. The number of likely N-dealkylation sites (tertiary alicyclic amines) is 1. The van der Waals surface area contributed by atoms with Crippen LogP contribution in [0.15, 0.2) is 0 Å². The quantitative estimate of drug-likeness (QED) is 0.198. The molecule has 6 heteroatoms. The molecule has 2 N–H and O–H groups in total. The Kier molecular flexibility index (Phi) is 33.5. The fraction of sp³-hybridized carbons (Fsp3) is 0.929. The first-order chi connectivity index (χ1) is 15.8. The molecule has 0 aromatic rings. The van der Waals surface area contributed by atoms with Gasteiger partial charge in [0.1, 0.15) is 0 Å². The van der Waals surface area contributed by atoms with Gasteiger partial charge in [-0.25, -0.2) is 0 Å². The Bertz CT molecular complexity index is 431. The van der Waals surface area contributed by atoms with E-state index in [9.17, 15) is 9.59 Å². The van der Waals surface area contributed by atoms with Gasteiger partial charge in [-0.15, -0.1) is 12.4 Å². The van der Waals surface area contributed by atoms with E-state index in [0.29, 0.717) is 12.3 Å². The molecule has 0 atom stereocenters. The summed E-state index contributed by atoms with van der Waals surface area (Å²) in [5, 5.41) is 0. The van der Waals surface area contributed by atoms with Crippen LogP contribution in [-0.2, 0) is 9.59 Å². The summed E-state index contributed by atoms with van der Waals surface area (Å²) in [7, 11) is 6.00. The summed E-state index contributed by atoms with van der Waals surface area (Å²) >= 11 is 0. The van der Waals surface area contributed by atoms with Crippen LogP contribution in [0.25, 0.3) is 0 Å². The number of unbranched alkanes of at least 4 members (excludes halogenated alkanes) is 14. The van der Waals surface area contributed by atoms with Crippen LogP contribution >= 0.6 is 12.4 Å². The largest absolute Gasteiger partial charge is 0.370 e. The minimum absolute atomic E-state index is 0. The van der Waals surface area contributed by atoms with Gasteiger partial charge in [0.15, 0.2) is 0 Å². The van der Waals surface area contributed by atoms with Crippen molar-refractivity contribution in [1.82, 2.24) is 9.80 Å². The minimum Gasteiger partial charge on any atom is -0.370 e. The van der Waals surface area contributed by atoms with Crippen molar-refractivity contribution in [3.63, 3.8) is 0 Å². The van der Waals surface area contributed by atoms with Crippen LogP contribution in [-0.4, -0.2) is 55.8 Å². The standard InChI is InChI=1S/C18H37NO.C7H13NO.C3H9N.ClH/c1-2-3-4-5-6-7-8-9-10-11-12-13-14-15-16-17-18(19)20;1-2-5-8-6-3-4-7(8)9;1-4(2)3;/h2-17H2,1H3,(H2,19,20);2-6H2,1H3;1-3H3;1H.